The van der Waals surface area contributed by atoms with Gasteiger partial charge in [0.05, 0.1) is 19.7 Å². The van der Waals surface area contributed by atoms with Gasteiger partial charge in [0.1, 0.15) is 5.75 Å². The molecule has 0 saturated carbocycles. The van der Waals surface area contributed by atoms with E-state index in [1.807, 2.05) is 61.9 Å². The van der Waals surface area contributed by atoms with Gasteiger partial charge in [-0.3, -0.25) is 4.79 Å². The van der Waals surface area contributed by atoms with Crippen LogP contribution >= 0.6 is 0 Å². The summed E-state index contributed by atoms with van der Waals surface area (Å²) in [6, 6.07) is 8.05. The van der Waals surface area contributed by atoms with Crippen LogP contribution in [-0.4, -0.2) is 87.0 Å². The second kappa shape index (κ2) is 13.8. The molecule has 0 aliphatic carbocycles. The third-order valence-corrected chi connectivity index (χ3v) is 4.54. The first-order valence-electron chi connectivity index (χ1n) is 10.5. The van der Waals surface area contributed by atoms with Crippen molar-refractivity contribution in [2.45, 2.75) is 33.7 Å². The maximum atomic E-state index is 12.4. The smallest absolute Gasteiger partial charge is 0.242 e. The monoisotopic (exact) mass is 405 g/mol. The predicted molar refractivity (Wildman–Crippen MR) is 120 cm³/mol. The Kier molecular flexibility index (Phi) is 11.8. The van der Waals surface area contributed by atoms with Crippen molar-refractivity contribution in [3.05, 3.63) is 29.8 Å². The topological polar surface area (TPSA) is 60.4 Å². The van der Waals surface area contributed by atoms with E-state index in [9.17, 15) is 4.79 Å². The van der Waals surface area contributed by atoms with Crippen molar-refractivity contribution in [1.82, 2.24) is 20.0 Å². The Hall–Kier alpha value is -2.28. The molecule has 0 heterocycles. The molecular formula is C22H39N5O2. The van der Waals surface area contributed by atoms with E-state index in [2.05, 4.69) is 29.3 Å². The van der Waals surface area contributed by atoms with Gasteiger partial charge in [0.2, 0.25) is 5.91 Å². The lowest BCUT2D eigenvalue weighted by molar-refractivity contribution is -0.131. The van der Waals surface area contributed by atoms with Crippen LogP contribution in [-0.2, 0) is 11.3 Å². The number of amides is 1. The summed E-state index contributed by atoms with van der Waals surface area (Å²) in [6.45, 7) is 10.8. The highest BCUT2D eigenvalue weighted by Gasteiger charge is 2.14. The molecule has 1 rings (SSSR count). The number of rotatable bonds is 12. The van der Waals surface area contributed by atoms with E-state index >= 15 is 0 Å². The first kappa shape index (κ1) is 24.8. The molecule has 0 bridgehead atoms. The summed E-state index contributed by atoms with van der Waals surface area (Å²) in [6.07, 6.45) is 1.00. The van der Waals surface area contributed by atoms with Gasteiger partial charge in [-0.05, 0) is 59.0 Å². The molecule has 0 aromatic heterocycles. The van der Waals surface area contributed by atoms with E-state index < -0.39 is 0 Å². The minimum absolute atomic E-state index is 0.110. The molecule has 1 N–H and O–H groups in total. The molecule has 0 spiro atoms. The maximum Gasteiger partial charge on any atom is 0.242 e. The second-order valence-electron chi connectivity index (χ2n) is 7.24. The van der Waals surface area contributed by atoms with Crippen LogP contribution in [0.5, 0.6) is 5.75 Å². The normalized spacial score (nSPS) is 11.5. The molecular weight excluding hydrogens is 366 g/mol. The minimum atomic E-state index is 0.110. The molecule has 0 aliphatic rings. The van der Waals surface area contributed by atoms with Crippen LogP contribution < -0.4 is 10.1 Å². The fourth-order valence-corrected chi connectivity index (χ4v) is 2.85. The molecule has 29 heavy (non-hydrogen) atoms. The Labute approximate surface area is 176 Å². The van der Waals surface area contributed by atoms with E-state index in [0.29, 0.717) is 19.7 Å². The molecule has 0 fully saturated rings. The number of hydrogen-bond donors (Lipinski definition) is 1. The maximum absolute atomic E-state index is 12.4. The Balaban J connectivity index is 2.62. The van der Waals surface area contributed by atoms with Crippen LogP contribution in [0.4, 0.5) is 0 Å². The molecule has 1 amide bonds. The summed E-state index contributed by atoms with van der Waals surface area (Å²) in [5, 5.41) is 3.26. The van der Waals surface area contributed by atoms with Gasteiger partial charge in [-0.1, -0.05) is 12.1 Å². The molecule has 0 saturated heterocycles. The Morgan fingerprint density at radius 2 is 1.72 bits per heavy atom. The van der Waals surface area contributed by atoms with Crippen molar-refractivity contribution in [2.24, 2.45) is 4.99 Å². The summed E-state index contributed by atoms with van der Waals surface area (Å²) < 4.78 is 5.78. The lowest BCUT2D eigenvalue weighted by Crippen LogP contribution is -2.45. The number of guanidine groups is 1. The van der Waals surface area contributed by atoms with Crippen molar-refractivity contribution in [1.29, 1.82) is 0 Å². The van der Waals surface area contributed by atoms with Crippen LogP contribution in [0.25, 0.3) is 0 Å². The van der Waals surface area contributed by atoms with Crippen molar-refractivity contribution < 1.29 is 9.53 Å². The number of ether oxygens (including phenoxy) is 1. The Morgan fingerprint density at radius 3 is 2.28 bits per heavy atom. The molecule has 0 radical (unpaired) electrons. The second-order valence-corrected chi connectivity index (χ2v) is 7.24. The number of carbonyl (C=O) groups is 1. The van der Waals surface area contributed by atoms with E-state index in [1.54, 1.807) is 0 Å². The lowest BCUT2D eigenvalue weighted by atomic mass is 10.2. The zero-order chi connectivity index (χ0) is 21.6. The van der Waals surface area contributed by atoms with E-state index in [4.69, 9.17) is 4.74 Å². The summed E-state index contributed by atoms with van der Waals surface area (Å²) in [5.74, 6) is 1.72. The molecule has 164 valence electrons. The molecule has 1 aromatic rings. The summed E-state index contributed by atoms with van der Waals surface area (Å²) in [7, 11) is 6.02. The third kappa shape index (κ3) is 9.65. The highest BCUT2D eigenvalue weighted by atomic mass is 16.5. The van der Waals surface area contributed by atoms with Crippen molar-refractivity contribution in [3.63, 3.8) is 0 Å². The van der Waals surface area contributed by atoms with Crippen molar-refractivity contribution >= 4 is 11.9 Å². The number of aliphatic imine (C=N–C) groups is 1. The average Bonchev–Trinajstić information content (AvgIpc) is 2.70. The van der Waals surface area contributed by atoms with Gasteiger partial charge in [0.25, 0.3) is 0 Å². The van der Waals surface area contributed by atoms with E-state index in [1.165, 1.54) is 0 Å². The molecule has 0 atom stereocenters. The molecule has 0 unspecified atom stereocenters. The van der Waals surface area contributed by atoms with Gasteiger partial charge < -0.3 is 24.8 Å². The summed E-state index contributed by atoms with van der Waals surface area (Å²) in [5.41, 5.74) is 1.10. The van der Waals surface area contributed by atoms with Crippen molar-refractivity contribution in [3.8, 4) is 5.75 Å². The first-order valence-corrected chi connectivity index (χ1v) is 10.5. The number of nitrogens with zero attached hydrogens (tertiary/aromatic N) is 4. The quantitative estimate of drug-likeness (QED) is 0.328. The van der Waals surface area contributed by atoms with E-state index in [-0.39, 0.29) is 5.91 Å². The van der Waals surface area contributed by atoms with E-state index in [0.717, 1.165) is 49.9 Å². The Bertz CT molecular complexity index is 612. The average molecular weight is 406 g/mol. The zero-order valence-corrected chi connectivity index (χ0v) is 19.1. The fraction of sp³-hybridized carbons (Fsp3) is 0.636. The minimum Gasteiger partial charge on any atom is -0.494 e. The molecule has 0 aliphatic heterocycles. The van der Waals surface area contributed by atoms with Gasteiger partial charge in [-0.15, -0.1) is 0 Å². The highest BCUT2D eigenvalue weighted by molar-refractivity contribution is 5.86. The molecule has 7 heteroatoms. The van der Waals surface area contributed by atoms with Crippen LogP contribution in [0.2, 0.25) is 0 Å². The van der Waals surface area contributed by atoms with Crippen LogP contribution in [0.15, 0.2) is 29.3 Å². The van der Waals surface area contributed by atoms with Crippen LogP contribution in [0, 0.1) is 0 Å². The number of nitrogens with one attached hydrogen (secondary N) is 1. The van der Waals surface area contributed by atoms with Gasteiger partial charge in [-0.2, -0.15) is 0 Å². The van der Waals surface area contributed by atoms with Crippen LogP contribution in [0.3, 0.4) is 0 Å². The summed E-state index contributed by atoms with van der Waals surface area (Å²) >= 11 is 0. The molecule has 1 aromatic carbocycles. The zero-order valence-electron chi connectivity index (χ0n) is 19.1. The number of likely N-dealkylation sites (N-methyl/N-ethyl adjacent to an activating group) is 2. The predicted octanol–water partition coefficient (Wildman–Crippen LogP) is 2.28. The first-order chi connectivity index (χ1) is 13.9. The van der Waals surface area contributed by atoms with Crippen LogP contribution in [0.1, 0.15) is 32.8 Å². The largest absolute Gasteiger partial charge is 0.494 e. The van der Waals surface area contributed by atoms with Gasteiger partial charge in [0, 0.05) is 33.2 Å². The highest BCUT2D eigenvalue weighted by Crippen LogP contribution is 2.13. The van der Waals surface area contributed by atoms with Gasteiger partial charge in [-0.25, -0.2) is 4.99 Å². The number of hydrogen-bond acceptors (Lipinski definition) is 4. The number of carbonyl (C=O) groups excluding carboxylic acids is 1. The van der Waals surface area contributed by atoms with Gasteiger partial charge in [0.15, 0.2) is 5.96 Å². The standard InChI is InChI=1S/C22H39N5O2/c1-7-23-22(26(6)18-21(28)27(8-2)9-3)24-17-19-11-13-20(14-12-19)29-16-10-15-25(4)5/h11-14H,7-10,15-18H2,1-6H3,(H,23,24). The third-order valence-electron chi connectivity index (χ3n) is 4.54. The summed E-state index contributed by atoms with van der Waals surface area (Å²) in [4.78, 5) is 22.9. The van der Waals surface area contributed by atoms with Crippen molar-refractivity contribution in [2.75, 3.05) is 60.5 Å². The number of benzene rings is 1. The lowest BCUT2D eigenvalue weighted by Gasteiger charge is -2.25. The molecule has 7 nitrogen and oxygen atoms in total. The fourth-order valence-electron chi connectivity index (χ4n) is 2.85. The SMILES string of the molecule is CCNC(=NCc1ccc(OCCCN(C)C)cc1)N(C)CC(=O)N(CC)CC. The Morgan fingerprint density at radius 1 is 1.07 bits per heavy atom. The van der Waals surface area contributed by atoms with Gasteiger partial charge >= 0.3 is 0 Å².